The first kappa shape index (κ1) is 19.7. The van der Waals surface area contributed by atoms with Gasteiger partial charge in [0.15, 0.2) is 5.65 Å². The largest absolute Gasteiger partial charge is 0.489 e. The third-order valence-corrected chi connectivity index (χ3v) is 5.20. The van der Waals surface area contributed by atoms with Crippen LogP contribution in [0.1, 0.15) is 18.1 Å². The molecule has 3 aromatic carbocycles. The highest BCUT2D eigenvalue weighted by atomic mass is 16.5. The highest BCUT2D eigenvalue weighted by molar-refractivity contribution is 6.04. The topological polar surface area (TPSA) is 77.2 Å². The van der Waals surface area contributed by atoms with Gasteiger partial charge in [-0.1, -0.05) is 48.5 Å². The molecule has 0 aliphatic rings. The van der Waals surface area contributed by atoms with Gasteiger partial charge in [0.2, 0.25) is 0 Å². The molecule has 7 nitrogen and oxygen atoms in total. The molecule has 0 radical (unpaired) electrons. The minimum absolute atomic E-state index is 0.356. The average Bonchev–Trinajstić information content (AvgIpc) is 3.17. The zero-order valence-corrected chi connectivity index (χ0v) is 17.6. The molecule has 0 saturated carbocycles. The molecule has 0 amide bonds. The molecule has 0 saturated heterocycles. The summed E-state index contributed by atoms with van der Waals surface area (Å²) in [6.07, 6.45) is 1.71. The standard InChI is InChI=1S/C25H22N6O/c1-2-31-22-11-7-6-10-21(22)23-24(31)27-25(30-28-23)29-26-16-18-12-14-20(15-13-18)32-17-19-8-4-3-5-9-19/h3-16H,2,17H2,1H3,(H,27,29,30)/b26-16+. The number of rotatable bonds is 7. The molecule has 0 spiro atoms. The van der Waals surface area contributed by atoms with E-state index in [1.54, 1.807) is 6.21 Å². The number of hydrazone groups is 1. The van der Waals surface area contributed by atoms with Gasteiger partial charge in [0.05, 0.1) is 11.7 Å². The first-order chi connectivity index (χ1) is 15.8. The Kier molecular flexibility index (Phi) is 5.45. The zero-order chi connectivity index (χ0) is 21.8. The lowest BCUT2D eigenvalue weighted by molar-refractivity contribution is 0.306. The molecule has 2 heterocycles. The van der Waals surface area contributed by atoms with Crippen LogP contribution in [0, 0.1) is 0 Å². The minimum atomic E-state index is 0.356. The fraction of sp³-hybridized carbons (Fsp3) is 0.120. The number of hydrogen-bond donors (Lipinski definition) is 1. The lowest BCUT2D eigenvalue weighted by Gasteiger charge is -2.06. The van der Waals surface area contributed by atoms with Crippen molar-refractivity contribution in [3.8, 4) is 5.75 Å². The highest BCUT2D eigenvalue weighted by Gasteiger charge is 2.13. The van der Waals surface area contributed by atoms with Crippen molar-refractivity contribution in [1.29, 1.82) is 0 Å². The highest BCUT2D eigenvalue weighted by Crippen LogP contribution is 2.26. The second-order valence-corrected chi connectivity index (χ2v) is 7.28. The molecule has 0 unspecified atom stereocenters. The third-order valence-electron chi connectivity index (χ3n) is 5.20. The van der Waals surface area contributed by atoms with Crippen molar-refractivity contribution in [2.45, 2.75) is 20.1 Å². The van der Waals surface area contributed by atoms with E-state index in [0.29, 0.717) is 12.6 Å². The van der Waals surface area contributed by atoms with Crippen LogP contribution in [0.4, 0.5) is 5.95 Å². The average molecular weight is 422 g/mol. The summed E-state index contributed by atoms with van der Waals surface area (Å²) in [5.74, 6) is 1.17. The predicted molar refractivity (Wildman–Crippen MR) is 127 cm³/mol. The fourth-order valence-electron chi connectivity index (χ4n) is 3.63. The van der Waals surface area contributed by atoms with Crippen LogP contribution in [-0.4, -0.2) is 26.0 Å². The molecule has 5 rings (SSSR count). The maximum absolute atomic E-state index is 5.82. The van der Waals surface area contributed by atoms with Crippen LogP contribution in [-0.2, 0) is 13.2 Å². The first-order valence-electron chi connectivity index (χ1n) is 10.5. The van der Waals surface area contributed by atoms with Crippen molar-refractivity contribution >= 4 is 34.2 Å². The van der Waals surface area contributed by atoms with Crippen LogP contribution >= 0.6 is 0 Å². The molecule has 0 aliphatic heterocycles. The van der Waals surface area contributed by atoms with Crippen LogP contribution in [0.3, 0.4) is 0 Å². The lowest BCUT2D eigenvalue weighted by atomic mass is 10.2. The van der Waals surface area contributed by atoms with Crippen molar-refractivity contribution < 1.29 is 4.74 Å². The van der Waals surface area contributed by atoms with Gasteiger partial charge in [-0.2, -0.15) is 10.1 Å². The maximum Gasteiger partial charge on any atom is 0.265 e. The van der Waals surface area contributed by atoms with Crippen molar-refractivity contribution in [1.82, 2.24) is 19.7 Å². The van der Waals surface area contributed by atoms with Gasteiger partial charge in [-0.25, -0.2) is 5.43 Å². The molecule has 0 bridgehead atoms. The Morgan fingerprint density at radius 3 is 2.53 bits per heavy atom. The summed E-state index contributed by atoms with van der Waals surface area (Å²) >= 11 is 0. The van der Waals surface area contributed by atoms with Gasteiger partial charge in [0.25, 0.3) is 5.95 Å². The molecular weight excluding hydrogens is 400 g/mol. The fourth-order valence-corrected chi connectivity index (χ4v) is 3.63. The SMILES string of the molecule is CCn1c2ccccc2c2nnc(N/N=C/c3ccc(OCc4ccccc4)cc3)nc21. The van der Waals surface area contributed by atoms with E-state index in [0.717, 1.165) is 45.5 Å². The van der Waals surface area contributed by atoms with Gasteiger partial charge in [0, 0.05) is 11.9 Å². The summed E-state index contributed by atoms with van der Waals surface area (Å²) in [6.45, 7) is 3.42. The molecule has 5 aromatic rings. The van der Waals surface area contributed by atoms with Crippen LogP contribution in [0.2, 0.25) is 0 Å². The smallest absolute Gasteiger partial charge is 0.265 e. The molecule has 158 valence electrons. The Hall–Kier alpha value is -4.26. The number of aryl methyl sites for hydroxylation is 1. The van der Waals surface area contributed by atoms with E-state index in [1.165, 1.54) is 0 Å². The monoisotopic (exact) mass is 422 g/mol. The van der Waals surface area contributed by atoms with E-state index in [2.05, 4.69) is 43.3 Å². The molecule has 0 fully saturated rings. The summed E-state index contributed by atoms with van der Waals surface area (Å²) < 4.78 is 7.95. The van der Waals surface area contributed by atoms with Gasteiger partial charge in [-0.15, -0.1) is 10.2 Å². The number of fused-ring (bicyclic) bond motifs is 3. The summed E-state index contributed by atoms with van der Waals surface area (Å²) in [4.78, 5) is 4.63. The summed E-state index contributed by atoms with van der Waals surface area (Å²) in [5, 5.41) is 13.9. The zero-order valence-electron chi connectivity index (χ0n) is 17.6. The van der Waals surface area contributed by atoms with Crippen LogP contribution in [0.15, 0.2) is 84.0 Å². The van der Waals surface area contributed by atoms with Crippen molar-refractivity contribution in [2.75, 3.05) is 5.43 Å². The van der Waals surface area contributed by atoms with Gasteiger partial charge in [-0.3, -0.25) is 0 Å². The quantitative estimate of drug-likeness (QED) is 0.294. The Morgan fingerprint density at radius 1 is 0.938 bits per heavy atom. The van der Waals surface area contributed by atoms with Crippen molar-refractivity contribution in [3.05, 3.63) is 90.0 Å². The van der Waals surface area contributed by atoms with E-state index in [4.69, 9.17) is 4.74 Å². The van der Waals surface area contributed by atoms with E-state index in [9.17, 15) is 0 Å². The Labute approximate surface area is 185 Å². The van der Waals surface area contributed by atoms with Gasteiger partial charge >= 0.3 is 0 Å². The number of hydrogen-bond acceptors (Lipinski definition) is 6. The van der Waals surface area contributed by atoms with Crippen LogP contribution < -0.4 is 10.2 Å². The Balaban J connectivity index is 1.27. The molecule has 0 aliphatic carbocycles. The van der Waals surface area contributed by atoms with E-state index < -0.39 is 0 Å². The maximum atomic E-state index is 5.82. The number of nitrogens with one attached hydrogen (secondary N) is 1. The number of ether oxygens (including phenoxy) is 1. The number of para-hydroxylation sites is 1. The van der Waals surface area contributed by atoms with E-state index in [-0.39, 0.29) is 0 Å². The van der Waals surface area contributed by atoms with E-state index >= 15 is 0 Å². The summed E-state index contributed by atoms with van der Waals surface area (Å²) in [5.41, 5.74) is 7.63. The summed E-state index contributed by atoms with van der Waals surface area (Å²) in [7, 11) is 0. The molecular formula is C25H22N6O. The van der Waals surface area contributed by atoms with Gasteiger partial charge < -0.3 is 9.30 Å². The molecule has 0 atom stereocenters. The number of anilines is 1. The molecule has 32 heavy (non-hydrogen) atoms. The van der Waals surface area contributed by atoms with Crippen molar-refractivity contribution in [3.63, 3.8) is 0 Å². The second-order valence-electron chi connectivity index (χ2n) is 7.28. The summed E-state index contributed by atoms with van der Waals surface area (Å²) in [6, 6.07) is 26.0. The number of benzene rings is 3. The molecule has 1 N–H and O–H groups in total. The van der Waals surface area contributed by atoms with Gasteiger partial charge in [0.1, 0.15) is 17.9 Å². The van der Waals surface area contributed by atoms with Crippen molar-refractivity contribution in [2.24, 2.45) is 5.10 Å². The van der Waals surface area contributed by atoms with E-state index in [1.807, 2.05) is 72.8 Å². The minimum Gasteiger partial charge on any atom is -0.489 e. The second kappa shape index (κ2) is 8.85. The van der Waals surface area contributed by atoms with Crippen LogP contribution in [0.25, 0.3) is 22.1 Å². The lowest BCUT2D eigenvalue weighted by Crippen LogP contribution is -2.02. The number of aromatic nitrogens is 4. The predicted octanol–water partition coefficient (Wildman–Crippen LogP) is 5.02. The molecule has 2 aromatic heterocycles. The van der Waals surface area contributed by atoms with Crippen LogP contribution in [0.5, 0.6) is 5.75 Å². The first-order valence-corrected chi connectivity index (χ1v) is 10.5. The Bertz CT molecular complexity index is 1380. The third kappa shape index (κ3) is 4.00. The molecule has 7 heteroatoms. The number of nitrogens with zero attached hydrogens (tertiary/aromatic N) is 5. The van der Waals surface area contributed by atoms with Gasteiger partial charge in [-0.05, 0) is 48.4 Å². The Morgan fingerprint density at radius 2 is 1.72 bits per heavy atom. The normalized spacial score (nSPS) is 11.4.